The fraction of sp³-hybridized carbons (Fsp3) is 0.100. The summed E-state index contributed by atoms with van der Waals surface area (Å²) in [7, 11) is 0. The maximum absolute atomic E-state index is 10.3. The van der Waals surface area contributed by atoms with Gasteiger partial charge in [-0.2, -0.15) is 0 Å². The number of hydrogen-bond acceptors (Lipinski definition) is 4. The van der Waals surface area contributed by atoms with Crippen molar-refractivity contribution in [1.82, 2.24) is 9.97 Å². The van der Waals surface area contributed by atoms with Crippen molar-refractivity contribution >= 4 is 17.6 Å². The molecule has 0 saturated carbocycles. The summed E-state index contributed by atoms with van der Waals surface area (Å²) in [6, 6.07) is 3.81. The zero-order valence-corrected chi connectivity index (χ0v) is 8.20. The molecule has 2 aromatic heterocycles. The molecule has 14 heavy (non-hydrogen) atoms. The van der Waals surface area contributed by atoms with Crippen LogP contribution in [0.1, 0.15) is 5.69 Å². The van der Waals surface area contributed by atoms with Gasteiger partial charge < -0.3 is 4.79 Å². The standard InChI is InChI=1S/C10H8N2OS/c13-6-3-9-7-14-10(12-9)8-1-4-11-5-2-8/h1-2,4-7H,3H2. The summed E-state index contributed by atoms with van der Waals surface area (Å²) in [6.07, 6.45) is 4.72. The zero-order valence-electron chi connectivity index (χ0n) is 7.38. The van der Waals surface area contributed by atoms with Crippen LogP contribution >= 0.6 is 11.3 Å². The highest BCUT2D eigenvalue weighted by Crippen LogP contribution is 2.22. The van der Waals surface area contributed by atoms with Crippen molar-refractivity contribution in [3.63, 3.8) is 0 Å². The quantitative estimate of drug-likeness (QED) is 0.718. The lowest BCUT2D eigenvalue weighted by Gasteiger charge is -1.92. The molecule has 70 valence electrons. The molecule has 0 aliphatic rings. The van der Waals surface area contributed by atoms with Gasteiger partial charge in [-0.05, 0) is 12.1 Å². The number of pyridine rings is 1. The van der Waals surface area contributed by atoms with Gasteiger partial charge in [-0.3, -0.25) is 4.98 Å². The molecule has 2 rings (SSSR count). The molecule has 0 unspecified atom stereocenters. The minimum absolute atomic E-state index is 0.390. The maximum atomic E-state index is 10.3. The first-order valence-electron chi connectivity index (χ1n) is 4.18. The van der Waals surface area contributed by atoms with Crippen molar-refractivity contribution in [2.24, 2.45) is 0 Å². The molecule has 0 atom stereocenters. The smallest absolute Gasteiger partial charge is 0.125 e. The summed E-state index contributed by atoms with van der Waals surface area (Å²) >= 11 is 1.54. The monoisotopic (exact) mass is 204 g/mol. The second-order valence-electron chi connectivity index (χ2n) is 2.75. The summed E-state index contributed by atoms with van der Waals surface area (Å²) in [4.78, 5) is 18.5. The Labute approximate surface area is 85.5 Å². The van der Waals surface area contributed by atoms with Gasteiger partial charge in [0.05, 0.1) is 5.69 Å². The highest BCUT2D eigenvalue weighted by Gasteiger charge is 2.03. The number of hydrogen-bond donors (Lipinski definition) is 0. The fourth-order valence-corrected chi connectivity index (χ4v) is 1.95. The van der Waals surface area contributed by atoms with E-state index in [-0.39, 0.29) is 0 Å². The Hall–Kier alpha value is -1.55. The van der Waals surface area contributed by atoms with Gasteiger partial charge >= 0.3 is 0 Å². The molecule has 0 bridgehead atoms. The number of rotatable bonds is 3. The van der Waals surface area contributed by atoms with Gasteiger partial charge in [0.1, 0.15) is 11.3 Å². The van der Waals surface area contributed by atoms with Crippen molar-refractivity contribution in [2.45, 2.75) is 6.42 Å². The van der Waals surface area contributed by atoms with Gasteiger partial charge in [-0.1, -0.05) is 0 Å². The molecule has 0 aliphatic carbocycles. The minimum atomic E-state index is 0.390. The van der Waals surface area contributed by atoms with E-state index >= 15 is 0 Å². The van der Waals surface area contributed by atoms with E-state index in [0.717, 1.165) is 22.6 Å². The molecule has 0 aliphatic heterocycles. The van der Waals surface area contributed by atoms with E-state index in [2.05, 4.69) is 9.97 Å². The third kappa shape index (κ3) is 1.85. The SMILES string of the molecule is O=CCc1csc(-c2ccncc2)n1. The second-order valence-corrected chi connectivity index (χ2v) is 3.61. The van der Waals surface area contributed by atoms with E-state index in [1.807, 2.05) is 17.5 Å². The Morgan fingerprint density at radius 1 is 1.36 bits per heavy atom. The molecule has 2 heterocycles. The van der Waals surface area contributed by atoms with Crippen molar-refractivity contribution in [3.8, 4) is 10.6 Å². The van der Waals surface area contributed by atoms with Crippen LogP contribution in [-0.4, -0.2) is 16.3 Å². The van der Waals surface area contributed by atoms with Crippen LogP contribution in [-0.2, 0) is 11.2 Å². The molecule has 0 radical (unpaired) electrons. The highest BCUT2D eigenvalue weighted by molar-refractivity contribution is 7.13. The molecule has 0 spiro atoms. The number of nitrogens with zero attached hydrogens (tertiary/aromatic N) is 2. The van der Waals surface area contributed by atoms with Gasteiger partial charge in [0.15, 0.2) is 0 Å². The first-order chi connectivity index (χ1) is 6.90. The number of aldehydes is 1. The second kappa shape index (κ2) is 4.11. The van der Waals surface area contributed by atoms with E-state index in [1.54, 1.807) is 23.7 Å². The van der Waals surface area contributed by atoms with Crippen LogP contribution in [0.3, 0.4) is 0 Å². The lowest BCUT2D eigenvalue weighted by atomic mass is 10.3. The lowest BCUT2D eigenvalue weighted by molar-refractivity contribution is -0.107. The number of thiazole rings is 1. The highest BCUT2D eigenvalue weighted by atomic mass is 32.1. The van der Waals surface area contributed by atoms with Crippen molar-refractivity contribution in [3.05, 3.63) is 35.6 Å². The van der Waals surface area contributed by atoms with Gasteiger partial charge in [0.25, 0.3) is 0 Å². The first-order valence-corrected chi connectivity index (χ1v) is 5.06. The Bertz CT molecular complexity index is 425. The number of carbonyl (C=O) groups excluding carboxylic acids is 1. The zero-order chi connectivity index (χ0) is 9.80. The Morgan fingerprint density at radius 2 is 2.14 bits per heavy atom. The van der Waals surface area contributed by atoms with Crippen LogP contribution in [0, 0.1) is 0 Å². The van der Waals surface area contributed by atoms with Crippen molar-refractivity contribution in [1.29, 1.82) is 0 Å². The first kappa shape index (κ1) is 9.02. The number of aromatic nitrogens is 2. The van der Waals surface area contributed by atoms with Crippen LogP contribution in [0.15, 0.2) is 29.9 Å². The molecule has 4 heteroatoms. The molecule has 0 fully saturated rings. The van der Waals surface area contributed by atoms with E-state index in [0.29, 0.717) is 6.42 Å². The third-order valence-corrected chi connectivity index (χ3v) is 2.71. The summed E-state index contributed by atoms with van der Waals surface area (Å²) in [5.41, 5.74) is 1.87. The van der Waals surface area contributed by atoms with Crippen LogP contribution in [0.4, 0.5) is 0 Å². The van der Waals surface area contributed by atoms with E-state index in [9.17, 15) is 4.79 Å². The van der Waals surface area contributed by atoms with Gasteiger partial charge in [-0.15, -0.1) is 11.3 Å². The normalized spacial score (nSPS) is 10.0. The topological polar surface area (TPSA) is 42.9 Å². The molecular weight excluding hydrogens is 196 g/mol. The van der Waals surface area contributed by atoms with Gasteiger partial charge in [0.2, 0.25) is 0 Å². The Kier molecular flexibility index (Phi) is 2.65. The average Bonchev–Trinajstić information content (AvgIpc) is 2.68. The summed E-state index contributed by atoms with van der Waals surface area (Å²) in [5.74, 6) is 0. The molecule has 2 aromatic rings. The molecule has 3 nitrogen and oxygen atoms in total. The van der Waals surface area contributed by atoms with Crippen LogP contribution in [0.2, 0.25) is 0 Å². The average molecular weight is 204 g/mol. The van der Waals surface area contributed by atoms with Crippen LogP contribution in [0.5, 0.6) is 0 Å². The van der Waals surface area contributed by atoms with Gasteiger partial charge in [-0.25, -0.2) is 4.98 Å². The third-order valence-electron chi connectivity index (χ3n) is 1.77. The molecule has 0 amide bonds. The Balaban J connectivity index is 2.29. The van der Waals surface area contributed by atoms with E-state index in [1.165, 1.54) is 0 Å². The van der Waals surface area contributed by atoms with Crippen molar-refractivity contribution < 1.29 is 4.79 Å². The summed E-state index contributed by atoms with van der Waals surface area (Å²) in [5, 5.41) is 2.84. The molecule has 0 N–H and O–H groups in total. The van der Waals surface area contributed by atoms with Gasteiger partial charge in [0, 0.05) is 29.8 Å². The summed E-state index contributed by atoms with van der Waals surface area (Å²) < 4.78 is 0. The lowest BCUT2D eigenvalue weighted by Crippen LogP contribution is -1.85. The summed E-state index contributed by atoms with van der Waals surface area (Å²) in [6.45, 7) is 0. The Morgan fingerprint density at radius 3 is 2.86 bits per heavy atom. The molecule has 0 aromatic carbocycles. The van der Waals surface area contributed by atoms with Crippen molar-refractivity contribution in [2.75, 3.05) is 0 Å². The van der Waals surface area contributed by atoms with Crippen LogP contribution < -0.4 is 0 Å². The predicted octanol–water partition coefficient (Wildman–Crippen LogP) is 1.95. The largest absolute Gasteiger partial charge is 0.303 e. The number of carbonyl (C=O) groups is 1. The van der Waals surface area contributed by atoms with Crippen LogP contribution in [0.25, 0.3) is 10.6 Å². The molecule has 0 saturated heterocycles. The van der Waals surface area contributed by atoms with E-state index in [4.69, 9.17) is 0 Å². The predicted molar refractivity (Wildman–Crippen MR) is 55.1 cm³/mol. The minimum Gasteiger partial charge on any atom is -0.303 e. The molecular formula is C10H8N2OS. The fourth-order valence-electron chi connectivity index (χ4n) is 1.11. The van der Waals surface area contributed by atoms with E-state index < -0.39 is 0 Å². The maximum Gasteiger partial charge on any atom is 0.125 e.